The first-order chi connectivity index (χ1) is 9.24. The van der Waals surface area contributed by atoms with E-state index in [1.165, 1.54) is 19.3 Å². The van der Waals surface area contributed by atoms with Gasteiger partial charge in [0.05, 0.1) is 19.8 Å². The zero-order chi connectivity index (χ0) is 13.6. The first kappa shape index (κ1) is 15.5. The van der Waals surface area contributed by atoms with Gasteiger partial charge in [0.1, 0.15) is 0 Å². The molecule has 0 aromatic rings. The van der Waals surface area contributed by atoms with Crippen LogP contribution in [-0.4, -0.2) is 36.9 Å². The summed E-state index contributed by atoms with van der Waals surface area (Å²) in [4.78, 5) is 10.1. The summed E-state index contributed by atoms with van der Waals surface area (Å²) in [6.45, 7) is 0.558. The molecule has 1 N–H and O–H groups in total. The number of rotatable bonds is 2. The van der Waals surface area contributed by atoms with Gasteiger partial charge < -0.3 is 9.63 Å². The Bertz CT molecular complexity index is 301. The van der Waals surface area contributed by atoms with Gasteiger partial charge in [-0.15, -0.1) is 0 Å². The fourth-order valence-corrected chi connectivity index (χ4v) is 5.05. The molecule has 1 heterocycles. The van der Waals surface area contributed by atoms with E-state index < -0.39 is 7.37 Å². The van der Waals surface area contributed by atoms with Crippen LogP contribution in [-0.2, 0) is 18.9 Å². The van der Waals surface area contributed by atoms with E-state index in [0.717, 1.165) is 25.7 Å². The lowest BCUT2D eigenvalue weighted by Crippen LogP contribution is -2.26. The normalized spacial score (nSPS) is 35.9. The van der Waals surface area contributed by atoms with Gasteiger partial charge in [-0.3, -0.25) is 4.57 Å². The summed E-state index contributed by atoms with van der Waals surface area (Å²) >= 11 is 0. The van der Waals surface area contributed by atoms with Crippen LogP contribution >= 0.6 is 7.37 Å². The van der Waals surface area contributed by atoms with Crippen LogP contribution in [0.2, 0.25) is 0 Å². The molecule has 0 radical (unpaired) electrons. The lowest BCUT2D eigenvalue weighted by atomic mass is 10.0. The van der Waals surface area contributed by atoms with E-state index in [1.54, 1.807) is 0 Å². The number of aliphatic hydroxyl groups is 1. The van der Waals surface area contributed by atoms with Crippen LogP contribution in [0.25, 0.3) is 0 Å². The Hall–Kier alpha value is 0.0700. The Morgan fingerprint density at radius 3 is 2.37 bits per heavy atom. The van der Waals surface area contributed by atoms with E-state index in [0.29, 0.717) is 13.2 Å². The summed E-state index contributed by atoms with van der Waals surface area (Å²) in [5, 5.41) is 9.17. The molecule has 1 saturated carbocycles. The molecule has 2 rings (SSSR count). The first-order valence-corrected chi connectivity index (χ1v) is 9.21. The SMILES string of the molecule is O=P1(C2CCCCCCC2)COOCC(CO)CO1. The molecule has 2 fully saturated rings. The topological polar surface area (TPSA) is 65.0 Å². The number of aliphatic hydroxyl groups excluding tert-OH is 1. The maximum Gasteiger partial charge on any atom is 0.234 e. The van der Waals surface area contributed by atoms with Crippen molar-refractivity contribution in [3.63, 3.8) is 0 Å². The van der Waals surface area contributed by atoms with Gasteiger partial charge in [-0.05, 0) is 12.8 Å². The molecule has 0 aromatic carbocycles. The molecule has 1 saturated heterocycles. The van der Waals surface area contributed by atoms with Gasteiger partial charge in [0.25, 0.3) is 0 Å². The van der Waals surface area contributed by atoms with Crippen molar-refractivity contribution in [2.24, 2.45) is 5.92 Å². The summed E-state index contributed by atoms with van der Waals surface area (Å²) in [7, 11) is -2.82. The Morgan fingerprint density at radius 1 is 1.00 bits per heavy atom. The standard InChI is InChI=1S/C13H25O5P/c14-8-12-9-16-17-11-19(15,18-10-12)13-6-4-2-1-3-5-7-13/h12-14H,1-11H2. The smallest absolute Gasteiger partial charge is 0.234 e. The molecule has 19 heavy (non-hydrogen) atoms. The van der Waals surface area contributed by atoms with Crippen LogP contribution in [0.4, 0.5) is 0 Å². The second-order valence-electron chi connectivity index (χ2n) is 5.60. The van der Waals surface area contributed by atoms with Crippen LogP contribution in [0, 0.1) is 5.92 Å². The van der Waals surface area contributed by atoms with Crippen LogP contribution in [0.3, 0.4) is 0 Å². The maximum atomic E-state index is 13.0. The molecular formula is C13H25O5P. The van der Waals surface area contributed by atoms with Crippen LogP contribution in [0.15, 0.2) is 0 Å². The fraction of sp³-hybridized carbons (Fsp3) is 1.00. The van der Waals surface area contributed by atoms with Crippen molar-refractivity contribution in [1.29, 1.82) is 0 Å². The van der Waals surface area contributed by atoms with Crippen molar-refractivity contribution < 1.29 is 24.0 Å². The highest BCUT2D eigenvalue weighted by molar-refractivity contribution is 7.59. The zero-order valence-electron chi connectivity index (χ0n) is 11.5. The molecule has 0 spiro atoms. The average Bonchev–Trinajstić information content (AvgIpc) is 2.34. The molecule has 0 aromatic heterocycles. The molecule has 2 atom stereocenters. The van der Waals surface area contributed by atoms with Crippen molar-refractivity contribution in [2.45, 2.75) is 50.6 Å². The Balaban J connectivity index is 1.98. The predicted octanol–water partition coefficient (Wildman–Crippen LogP) is 2.92. The maximum absolute atomic E-state index is 13.0. The molecule has 2 unspecified atom stereocenters. The second-order valence-corrected chi connectivity index (χ2v) is 8.30. The van der Waals surface area contributed by atoms with Crippen LogP contribution < -0.4 is 0 Å². The third-order valence-corrected chi connectivity index (χ3v) is 6.72. The number of hydrogen-bond donors (Lipinski definition) is 1. The van der Waals surface area contributed by atoms with Gasteiger partial charge in [-0.1, -0.05) is 32.1 Å². The summed E-state index contributed by atoms with van der Waals surface area (Å²) < 4.78 is 18.7. The fourth-order valence-electron chi connectivity index (χ4n) is 2.72. The lowest BCUT2D eigenvalue weighted by Gasteiger charge is -2.31. The largest absolute Gasteiger partial charge is 0.396 e. The monoisotopic (exact) mass is 292 g/mol. The minimum Gasteiger partial charge on any atom is -0.396 e. The van der Waals surface area contributed by atoms with Crippen LogP contribution in [0.5, 0.6) is 0 Å². The summed E-state index contributed by atoms with van der Waals surface area (Å²) in [5.41, 5.74) is 0.0915. The molecule has 0 bridgehead atoms. The molecule has 5 nitrogen and oxygen atoms in total. The summed E-state index contributed by atoms with van der Waals surface area (Å²) in [6.07, 6.45) is 7.89. The van der Waals surface area contributed by atoms with Crippen molar-refractivity contribution >= 4 is 7.37 Å². The molecule has 112 valence electrons. The average molecular weight is 292 g/mol. The Labute approximate surface area is 115 Å². The molecule has 0 amide bonds. The quantitative estimate of drug-likeness (QED) is 0.626. The van der Waals surface area contributed by atoms with Gasteiger partial charge in [0.15, 0.2) is 6.35 Å². The predicted molar refractivity (Wildman–Crippen MR) is 72.1 cm³/mol. The van der Waals surface area contributed by atoms with E-state index >= 15 is 0 Å². The van der Waals surface area contributed by atoms with Crippen molar-refractivity contribution in [3.05, 3.63) is 0 Å². The molecule has 6 heteroatoms. The van der Waals surface area contributed by atoms with E-state index in [2.05, 4.69) is 0 Å². The van der Waals surface area contributed by atoms with Crippen molar-refractivity contribution in [1.82, 2.24) is 0 Å². The van der Waals surface area contributed by atoms with E-state index in [1.807, 2.05) is 0 Å². The highest BCUT2D eigenvalue weighted by Gasteiger charge is 2.36. The molecular weight excluding hydrogens is 267 g/mol. The van der Waals surface area contributed by atoms with Gasteiger partial charge in [0.2, 0.25) is 7.37 Å². The minimum absolute atomic E-state index is 0.0337. The third kappa shape index (κ3) is 4.54. The van der Waals surface area contributed by atoms with Gasteiger partial charge in [-0.2, -0.15) is 0 Å². The Kier molecular flexibility index (Phi) is 6.30. The van der Waals surface area contributed by atoms with Gasteiger partial charge in [0, 0.05) is 11.6 Å². The molecule has 2 aliphatic rings. The minimum atomic E-state index is -2.82. The van der Waals surface area contributed by atoms with E-state index in [9.17, 15) is 4.57 Å². The molecule has 1 aliphatic heterocycles. The third-order valence-electron chi connectivity index (χ3n) is 4.04. The summed E-state index contributed by atoms with van der Waals surface area (Å²) in [5.74, 6) is -0.151. The highest BCUT2D eigenvalue weighted by atomic mass is 31.2. The summed E-state index contributed by atoms with van der Waals surface area (Å²) in [6, 6.07) is 0. The second kappa shape index (κ2) is 7.75. The van der Waals surface area contributed by atoms with E-state index in [-0.39, 0.29) is 24.5 Å². The molecule has 1 aliphatic carbocycles. The van der Waals surface area contributed by atoms with Crippen molar-refractivity contribution in [2.75, 3.05) is 26.2 Å². The van der Waals surface area contributed by atoms with Gasteiger partial charge in [-0.25, -0.2) is 9.78 Å². The Morgan fingerprint density at radius 2 is 1.68 bits per heavy atom. The van der Waals surface area contributed by atoms with Crippen molar-refractivity contribution in [3.8, 4) is 0 Å². The van der Waals surface area contributed by atoms with E-state index in [4.69, 9.17) is 19.4 Å². The van der Waals surface area contributed by atoms with Gasteiger partial charge >= 0.3 is 0 Å². The first-order valence-electron chi connectivity index (χ1n) is 7.33. The van der Waals surface area contributed by atoms with Crippen LogP contribution in [0.1, 0.15) is 44.9 Å². The lowest BCUT2D eigenvalue weighted by molar-refractivity contribution is -0.294. The number of hydrogen-bond acceptors (Lipinski definition) is 5. The highest BCUT2D eigenvalue weighted by Crippen LogP contribution is 2.56. The zero-order valence-corrected chi connectivity index (χ0v) is 12.4.